The molecule has 30 heavy (non-hydrogen) atoms. The first-order valence-electron chi connectivity index (χ1n) is 9.10. The van der Waals surface area contributed by atoms with Gasteiger partial charge >= 0.3 is 12.1 Å². The van der Waals surface area contributed by atoms with Gasteiger partial charge in [-0.3, -0.25) is 4.98 Å². The van der Waals surface area contributed by atoms with Crippen molar-refractivity contribution in [3.05, 3.63) is 71.4 Å². The topological polar surface area (TPSA) is 71.5 Å². The van der Waals surface area contributed by atoms with Gasteiger partial charge in [0.2, 0.25) is 0 Å². The van der Waals surface area contributed by atoms with Crippen LogP contribution in [-0.2, 0) is 6.18 Å². The molecular weight excluding hydrogens is 397 g/mol. The van der Waals surface area contributed by atoms with Crippen molar-refractivity contribution in [2.24, 2.45) is 0 Å². The van der Waals surface area contributed by atoms with Crippen molar-refractivity contribution in [1.29, 1.82) is 0 Å². The van der Waals surface area contributed by atoms with Crippen molar-refractivity contribution in [2.75, 3.05) is 11.9 Å². The number of hydrogen-bond donors (Lipinski definition) is 2. The third-order valence-electron chi connectivity index (χ3n) is 4.35. The molecule has 0 aliphatic carbocycles. The molecule has 8 heteroatoms. The van der Waals surface area contributed by atoms with Crippen molar-refractivity contribution in [3.8, 4) is 17.0 Å². The van der Waals surface area contributed by atoms with Gasteiger partial charge < -0.3 is 15.2 Å². The standard InChI is InChI=1S/C22H19F3N2O3/c1-3-30-17-6-4-5-14(10-17)20-13(2)9-16(12-26-20)27-19-8-7-15(22(23,24)25)11-18(19)21(28)29/h4-12,27H,3H2,1-2H3,(H,28,29). The number of aromatic nitrogens is 1. The maximum absolute atomic E-state index is 12.9. The van der Waals surface area contributed by atoms with Gasteiger partial charge in [-0.1, -0.05) is 12.1 Å². The van der Waals surface area contributed by atoms with E-state index in [1.54, 1.807) is 6.07 Å². The summed E-state index contributed by atoms with van der Waals surface area (Å²) in [6.45, 7) is 4.27. The zero-order chi connectivity index (χ0) is 21.9. The minimum absolute atomic E-state index is 0.0443. The number of hydrogen-bond acceptors (Lipinski definition) is 4. The number of aromatic carboxylic acids is 1. The van der Waals surface area contributed by atoms with Crippen LogP contribution in [0.5, 0.6) is 5.75 Å². The average molecular weight is 416 g/mol. The summed E-state index contributed by atoms with van der Waals surface area (Å²) >= 11 is 0. The highest BCUT2D eigenvalue weighted by Crippen LogP contribution is 2.33. The number of ether oxygens (including phenoxy) is 1. The molecular formula is C22H19F3N2O3. The van der Waals surface area contributed by atoms with E-state index in [1.807, 2.05) is 38.1 Å². The SMILES string of the molecule is CCOc1cccc(-c2ncc(Nc3ccc(C(F)(F)F)cc3C(=O)O)cc2C)c1. The summed E-state index contributed by atoms with van der Waals surface area (Å²) in [6.07, 6.45) is -3.13. The van der Waals surface area contributed by atoms with Crippen LogP contribution in [0.1, 0.15) is 28.4 Å². The van der Waals surface area contributed by atoms with Crippen molar-refractivity contribution >= 4 is 17.3 Å². The lowest BCUT2D eigenvalue weighted by atomic mass is 10.1. The third-order valence-corrected chi connectivity index (χ3v) is 4.35. The maximum atomic E-state index is 12.9. The largest absolute Gasteiger partial charge is 0.494 e. The van der Waals surface area contributed by atoms with Gasteiger partial charge in [0.05, 0.1) is 41.0 Å². The number of carboxylic acids is 1. The molecule has 0 aliphatic heterocycles. The first-order chi connectivity index (χ1) is 14.2. The van der Waals surface area contributed by atoms with Crippen LogP contribution < -0.4 is 10.1 Å². The molecule has 0 fully saturated rings. The summed E-state index contributed by atoms with van der Waals surface area (Å²) < 4.78 is 44.2. The molecule has 0 atom stereocenters. The molecule has 0 amide bonds. The zero-order valence-electron chi connectivity index (χ0n) is 16.2. The Labute approximate surface area is 171 Å². The number of alkyl halides is 3. The lowest BCUT2D eigenvalue weighted by Crippen LogP contribution is -2.09. The van der Waals surface area contributed by atoms with Crippen LogP contribution >= 0.6 is 0 Å². The van der Waals surface area contributed by atoms with Crippen LogP contribution in [0, 0.1) is 6.92 Å². The molecule has 0 spiro atoms. The quantitative estimate of drug-likeness (QED) is 0.522. The number of aryl methyl sites for hydroxylation is 1. The normalized spacial score (nSPS) is 11.2. The van der Waals surface area contributed by atoms with E-state index in [4.69, 9.17) is 4.74 Å². The van der Waals surface area contributed by atoms with Gasteiger partial charge in [-0.2, -0.15) is 13.2 Å². The Kier molecular flexibility index (Phi) is 5.96. The van der Waals surface area contributed by atoms with Crippen LogP contribution in [0.2, 0.25) is 0 Å². The number of carboxylic acid groups (broad SMARTS) is 1. The highest BCUT2D eigenvalue weighted by Gasteiger charge is 2.31. The van der Waals surface area contributed by atoms with Gasteiger partial charge in [0, 0.05) is 5.56 Å². The van der Waals surface area contributed by atoms with E-state index in [1.165, 1.54) is 6.20 Å². The van der Waals surface area contributed by atoms with Gasteiger partial charge in [-0.15, -0.1) is 0 Å². The Hall–Kier alpha value is -3.55. The summed E-state index contributed by atoms with van der Waals surface area (Å²) in [5.41, 5.74) is 1.37. The fourth-order valence-corrected chi connectivity index (χ4v) is 3.01. The monoisotopic (exact) mass is 416 g/mol. The number of pyridine rings is 1. The lowest BCUT2D eigenvalue weighted by Gasteiger charge is -2.14. The molecule has 3 rings (SSSR count). The number of nitrogens with zero attached hydrogens (tertiary/aromatic N) is 1. The summed E-state index contributed by atoms with van der Waals surface area (Å²) in [5.74, 6) is -0.744. The first-order valence-corrected chi connectivity index (χ1v) is 9.10. The van der Waals surface area contributed by atoms with Crippen molar-refractivity contribution in [2.45, 2.75) is 20.0 Å². The molecule has 0 unspecified atom stereocenters. The van der Waals surface area contributed by atoms with Crippen molar-refractivity contribution < 1.29 is 27.8 Å². The van der Waals surface area contributed by atoms with Crippen LogP contribution in [0.25, 0.3) is 11.3 Å². The van der Waals surface area contributed by atoms with E-state index in [2.05, 4.69) is 10.3 Å². The highest BCUT2D eigenvalue weighted by atomic mass is 19.4. The van der Waals surface area contributed by atoms with Crippen molar-refractivity contribution in [3.63, 3.8) is 0 Å². The molecule has 2 aromatic carbocycles. The first kappa shape index (κ1) is 21.2. The lowest BCUT2D eigenvalue weighted by molar-refractivity contribution is -0.137. The van der Waals surface area contributed by atoms with Crippen LogP contribution in [-0.4, -0.2) is 22.7 Å². The van der Waals surface area contributed by atoms with Crippen LogP contribution in [0.3, 0.4) is 0 Å². The fourth-order valence-electron chi connectivity index (χ4n) is 3.01. The molecule has 1 heterocycles. The van der Waals surface area contributed by atoms with E-state index in [9.17, 15) is 23.1 Å². The molecule has 0 saturated heterocycles. The molecule has 0 saturated carbocycles. The summed E-state index contributed by atoms with van der Waals surface area (Å²) in [7, 11) is 0. The van der Waals surface area contributed by atoms with Crippen molar-refractivity contribution in [1.82, 2.24) is 4.98 Å². The maximum Gasteiger partial charge on any atom is 0.416 e. The molecule has 3 aromatic rings. The molecule has 5 nitrogen and oxygen atoms in total. The Balaban J connectivity index is 1.91. The van der Waals surface area contributed by atoms with Gasteiger partial charge in [-0.05, 0) is 55.8 Å². The van der Waals surface area contributed by atoms with Gasteiger partial charge in [-0.25, -0.2) is 4.79 Å². The van der Waals surface area contributed by atoms with E-state index in [0.717, 1.165) is 23.3 Å². The fraction of sp³-hybridized carbons (Fsp3) is 0.182. The smallest absolute Gasteiger partial charge is 0.416 e. The van der Waals surface area contributed by atoms with Gasteiger partial charge in [0.25, 0.3) is 0 Å². The Morgan fingerprint density at radius 2 is 1.93 bits per heavy atom. The number of nitrogens with one attached hydrogen (secondary N) is 1. The Bertz CT molecular complexity index is 1080. The van der Waals surface area contributed by atoms with E-state index < -0.39 is 23.3 Å². The minimum Gasteiger partial charge on any atom is -0.494 e. The van der Waals surface area contributed by atoms with Gasteiger partial charge in [0.1, 0.15) is 5.75 Å². The number of benzene rings is 2. The number of anilines is 2. The molecule has 2 N–H and O–H groups in total. The predicted molar refractivity (Wildman–Crippen MR) is 107 cm³/mol. The highest BCUT2D eigenvalue weighted by molar-refractivity contribution is 5.95. The second-order valence-corrected chi connectivity index (χ2v) is 6.54. The third kappa shape index (κ3) is 4.71. The molecule has 0 radical (unpaired) electrons. The number of carbonyl (C=O) groups is 1. The summed E-state index contributed by atoms with van der Waals surface area (Å²) in [4.78, 5) is 15.9. The van der Waals surface area contributed by atoms with Crippen LogP contribution in [0.15, 0.2) is 54.7 Å². The van der Waals surface area contributed by atoms with E-state index in [-0.39, 0.29) is 5.69 Å². The average Bonchev–Trinajstić information content (AvgIpc) is 2.68. The number of rotatable bonds is 6. The minimum atomic E-state index is -4.63. The molecule has 156 valence electrons. The second kappa shape index (κ2) is 8.44. The second-order valence-electron chi connectivity index (χ2n) is 6.54. The van der Waals surface area contributed by atoms with Crippen LogP contribution in [0.4, 0.5) is 24.5 Å². The summed E-state index contributed by atoms with van der Waals surface area (Å²) in [6, 6.07) is 11.8. The van der Waals surface area contributed by atoms with Gasteiger partial charge in [0.15, 0.2) is 0 Å². The Morgan fingerprint density at radius 1 is 1.17 bits per heavy atom. The number of halogens is 3. The molecule has 0 aliphatic rings. The van der Waals surface area contributed by atoms with E-state index in [0.29, 0.717) is 29.8 Å². The zero-order valence-corrected chi connectivity index (χ0v) is 16.2. The predicted octanol–water partition coefficient (Wildman–Crippen LogP) is 5.92. The summed E-state index contributed by atoms with van der Waals surface area (Å²) in [5, 5.41) is 12.2. The molecule has 1 aromatic heterocycles. The van der Waals surface area contributed by atoms with E-state index >= 15 is 0 Å². The molecule has 0 bridgehead atoms. The Morgan fingerprint density at radius 3 is 2.57 bits per heavy atom.